The number of hydrogen-bond donors (Lipinski definition) is 0. The Bertz CT molecular complexity index is 1640. The molecule has 0 aliphatic rings. The maximum atomic E-state index is 6.53. The molecule has 6 aromatic carbocycles. The zero-order chi connectivity index (χ0) is 25.0. The SMILES string of the molecule is Clc1cccc(-c2cc(-c3ccccc3)c(-c3ccccc3)c(-c3ccccc3)c2-c2ccccc2)c1. The monoisotopic (exact) mass is 492 g/mol. The predicted molar refractivity (Wildman–Crippen MR) is 159 cm³/mol. The van der Waals surface area contributed by atoms with E-state index in [0.717, 1.165) is 16.1 Å². The maximum absolute atomic E-state index is 6.53. The van der Waals surface area contributed by atoms with Crippen LogP contribution in [-0.2, 0) is 0 Å². The van der Waals surface area contributed by atoms with Gasteiger partial charge in [-0.2, -0.15) is 0 Å². The zero-order valence-corrected chi connectivity index (χ0v) is 21.1. The van der Waals surface area contributed by atoms with Crippen LogP contribution in [0.1, 0.15) is 0 Å². The molecule has 0 aliphatic carbocycles. The molecule has 0 radical (unpaired) electrons. The van der Waals surface area contributed by atoms with Crippen molar-refractivity contribution in [3.8, 4) is 55.6 Å². The standard InChI is InChI=1S/C36H25Cl/c37-31-23-13-22-30(24-31)33-25-32(26-14-5-1-6-15-26)34(27-16-7-2-8-17-27)36(29-20-11-4-12-21-29)35(33)28-18-9-3-10-19-28/h1-25H. The van der Waals surface area contributed by atoms with Crippen molar-refractivity contribution in [2.24, 2.45) is 0 Å². The Morgan fingerprint density at radius 3 is 1.14 bits per heavy atom. The lowest BCUT2D eigenvalue weighted by atomic mass is 9.79. The van der Waals surface area contributed by atoms with Crippen molar-refractivity contribution in [2.45, 2.75) is 0 Å². The average molecular weight is 493 g/mol. The Hall–Kier alpha value is -4.39. The summed E-state index contributed by atoms with van der Waals surface area (Å²) in [6, 6.07) is 53.4. The third-order valence-electron chi connectivity index (χ3n) is 6.74. The van der Waals surface area contributed by atoms with Gasteiger partial charge in [0.15, 0.2) is 0 Å². The van der Waals surface area contributed by atoms with E-state index in [0.29, 0.717) is 0 Å². The predicted octanol–water partition coefficient (Wildman–Crippen LogP) is 10.7. The minimum Gasteiger partial charge on any atom is -0.0843 e. The lowest BCUT2D eigenvalue weighted by molar-refractivity contribution is 1.53. The van der Waals surface area contributed by atoms with Gasteiger partial charge in [0, 0.05) is 5.02 Å². The average Bonchev–Trinajstić information content (AvgIpc) is 2.98. The normalized spacial score (nSPS) is 10.8. The van der Waals surface area contributed by atoms with Gasteiger partial charge in [0.05, 0.1) is 0 Å². The van der Waals surface area contributed by atoms with E-state index in [2.05, 4.69) is 140 Å². The number of hydrogen-bond acceptors (Lipinski definition) is 0. The van der Waals surface area contributed by atoms with Crippen LogP contribution in [0.3, 0.4) is 0 Å². The molecule has 0 atom stereocenters. The highest BCUT2D eigenvalue weighted by Crippen LogP contribution is 2.50. The summed E-state index contributed by atoms with van der Waals surface area (Å²) in [6.45, 7) is 0. The van der Waals surface area contributed by atoms with Crippen LogP contribution in [0.2, 0.25) is 5.02 Å². The Morgan fingerprint density at radius 2 is 0.676 bits per heavy atom. The van der Waals surface area contributed by atoms with E-state index in [1.165, 1.54) is 44.5 Å². The van der Waals surface area contributed by atoms with E-state index in [4.69, 9.17) is 11.6 Å². The molecule has 0 N–H and O–H groups in total. The van der Waals surface area contributed by atoms with Crippen molar-refractivity contribution < 1.29 is 0 Å². The molecule has 0 spiro atoms. The molecule has 0 bridgehead atoms. The van der Waals surface area contributed by atoms with Crippen molar-refractivity contribution in [3.63, 3.8) is 0 Å². The Morgan fingerprint density at radius 1 is 0.297 bits per heavy atom. The summed E-state index contributed by atoms with van der Waals surface area (Å²) in [6.07, 6.45) is 0. The summed E-state index contributed by atoms with van der Waals surface area (Å²) < 4.78 is 0. The quantitative estimate of drug-likeness (QED) is 0.224. The van der Waals surface area contributed by atoms with Crippen LogP contribution in [0, 0.1) is 0 Å². The Kier molecular flexibility index (Phi) is 6.42. The zero-order valence-electron chi connectivity index (χ0n) is 20.3. The first kappa shape index (κ1) is 23.0. The molecule has 37 heavy (non-hydrogen) atoms. The Labute approximate surface area is 223 Å². The smallest absolute Gasteiger partial charge is 0.0412 e. The highest BCUT2D eigenvalue weighted by atomic mass is 35.5. The summed E-state index contributed by atoms with van der Waals surface area (Å²) in [7, 11) is 0. The summed E-state index contributed by atoms with van der Waals surface area (Å²) in [5.74, 6) is 0. The van der Waals surface area contributed by atoms with Crippen molar-refractivity contribution in [2.75, 3.05) is 0 Å². The van der Waals surface area contributed by atoms with Gasteiger partial charge in [0.1, 0.15) is 0 Å². The van der Waals surface area contributed by atoms with E-state index in [-0.39, 0.29) is 0 Å². The summed E-state index contributed by atoms with van der Waals surface area (Å²) in [5.41, 5.74) is 11.8. The molecule has 0 aliphatic heterocycles. The van der Waals surface area contributed by atoms with Gasteiger partial charge in [-0.1, -0.05) is 145 Å². The van der Waals surface area contributed by atoms with E-state index in [9.17, 15) is 0 Å². The molecule has 6 rings (SSSR count). The fourth-order valence-corrected chi connectivity index (χ4v) is 5.31. The van der Waals surface area contributed by atoms with E-state index < -0.39 is 0 Å². The van der Waals surface area contributed by atoms with Gasteiger partial charge in [-0.15, -0.1) is 0 Å². The number of halogens is 1. The molecule has 0 saturated carbocycles. The minimum atomic E-state index is 0.728. The second-order valence-electron chi connectivity index (χ2n) is 9.07. The molecule has 1 heteroatoms. The van der Waals surface area contributed by atoms with Crippen LogP contribution in [0.15, 0.2) is 152 Å². The van der Waals surface area contributed by atoms with Gasteiger partial charge < -0.3 is 0 Å². The third-order valence-corrected chi connectivity index (χ3v) is 6.97. The molecule has 0 nitrogen and oxygen atoms in total. The summed E-state index contributed by atoms with van der Waals surface area (Å²) in [5, 5.41) is 0.728. The third kappa shape index (κ3) is 4.60. The van der Waals surface area contributed by atoms with Gasteiger partial charge in [-0.25, -0.2) is 0 Å². The van der Waals surface area contributed by atoms with Crippen molar-refractivity contribution in [1.29, 1.82) is 0 Å². The molecule has 0 unspecified atom stereocenters. The van der Waals surface area contributed by atoms with Crippen LogP contribution >= 0.6 is 11.6 Å². The van der Waals surface area contributed by atoms with E-state index in [1.807, 2.05) is 12.1 Å². The fraction of sp³-hybridized carbons (Fsp3) is 0. The van der Waals surface area contributed by atoms with Crippen LogP contribution in [0.5, 0.6) is 0 Å². The molecular formula is C36H25Cl. The van der Waals surface area contributed by atoms with Crippen molar-refractivity contribution in [3.05, 3.63) is 157 Å². The topological polar surface area (TPSA) is 0 Å². The van der Waals surface area contributed by atoms with Gasteiger partial charge in [0.25, 0.3) is 0 Å². The van der Waals surface area contributed by atoms with Gasteiger partial charge in [-0.05, 0) is 73.8 Å². The van der Waals surface area contributed by atoms with Gasteiger partial charge >= 0.3 is 0 Å². The summed E-state index contributed by atoms with van der Waals surface area (Å²) >= 11 is 6.53. The van der Waals surface area contributed by atoms with Crippen LogP contribution in [0.25, 0.3) is 55.6 Å². The molecule has 0 heterocycles. The molecule has 6 aromatic rings. The second-order valence-corrected chi connectivity index (χ2v) is 9.51. The molecule has 176 valence electrons. The molecule has 0 saturated heterocycles. The van der Waals surface area contributed by atoms with E-state index >= 15 is 0 Å². The molecular weight excluding hydrogens is 468 g/mol. The van der Waals surface area contributed by atoms with Crippen LogP contribution in [0.4, 0.5) is 0 Å². The molecule has 0 amide bonds. The number of benzene rings is 6. The van der Waals surface area contributed by atoms with Crippen molar-refractivity contribution in [1.82, 2.24) is 0 Å². The maximum Gasteiger partial charge on any atom is 0.0412 e. The van der Waals surface area contributed by atoms with Gasteiger partial charge in [0.2, 0.25) is 0 Å². The number of rotatable bonds is 5. The minimum absolute atomic E-state index is 0.728. The van der Waals surface area contributed by atoms with E-state index in [1.54, 1.807) is 0 Å². The van der Waals surface area contributed by atoms with Gasteiger partial charge in [-0.3, -0.25) is 0 Å². The molecule has 0 fully saturated rings. The highest BCUT2D eigenvalue weighted by molar-refractivity contribution is 6.31. The first-order chi connectivity index (χ1) is 18.3. The first-order valence-corrected chi connectivity index (χ1v) is 12.9. The van der Waals surface area contributed by atoms with Crippen molar-refractivity contribution >= 4 is 11.6 Å². The summed E-state index contributed by atoms with van der Waals surface area (Å²) in [4.78, 5) is 0. The lowest BCUT2D eigenvalue weighted by Gasteiger charge is -2.24. The first-order valence-electron chi connectivity index (χ1n) is 12.5. The Balaban J connectivity index is 1.85. The fourth-order valence-electron chi connectivity index (χ4n) is 5.11. The van der Waals surface area contributed by atoms with Crippen LogP contribution in [-0.4, -0.2) is 0 Å². The second kappa shape index (κ2) is 10.3. The lowest BCUT2D eigenvalue weighted by Crippen LogP contribution is -1.98. The molecule has 0 aromatic heterocycles. The largest absolute Gasteiger partial charge is 0.0843 e. The van der Waals surface area contributed by atoms with Crippen LogP contribution < -0.4 is 0 Å². The highest BCUT2D eigenvalue weighted by Gasteiger charge is 2.23.